The van der Waals surface area contributed by atoms with Gasteiger partial charge < -0.3 is 5.32 Å². The second kappa shape index (κ2) is 6.13. The molecule has 1 aromatic carbocycles. The highest BCUT2D eigenvalue weighted by Crippen LogP contribution is 2.24. The number of aromatic nitrogens is 2. The summed E-state index contributed by atoms with van der Waals surface area (Å²) >= 11 is 8.28. The Kier molecular flexibility index (Phi) is 4.70. The highest BCUT2D eigenvalue weighted by atomic mass is 127. The summed E-state index contributed by atoms with van der Waals surface area (Å²) in [7, 11) is 1.87. The molecule has 4 nitrogen and oxygen atoms in total. The Balaban J connectivity index is 2.13. The number of carbonyl (C=O) groups excluding carboxylic acids is 1. The third-order valence-electron chi connectivity index (χ3n) is 3.20. The van der Waals surface area contributed by atoms with Crippen LogP contribution in [-0.4, -0.2) is 15.7 Å². The number of benzene rings is 1. The van der Waals surface area contributed by atoms with Crippen LogP contribution in [0.25, 0.3) is 0 Å². The molecule has 0 bridgehead atoms. The van der Waals surface area contributed by atoms with Gasteiger partial charge >= 0.3 is 0 Å². The second-order valence-electron chi connectivity index (χ2n) is 4.62. The van der Waals surface area contributed by atoms with Crippen LogP contribution in [0, 0.1) is 17.4 Å². The molecule has 0 spiro atoms. The summed E-state index contributed by atoms with van der Waals surface area (Å²) in [4.78, 5) is 12.1. The maximum absolute atomic E-state index is 12.1. The van der Waals surface area contributed by atoms with Gasteiger partial charge in [-0.15, -0.1) is 0 Å². The van der Waals surface area contributed by atoms with Crippen LogP contribution in [0.2, 0.25) is 5.02 Å². The first-order valence-electron chi connectivity index (χ1n) is 6.12. The van der Waals surface area contributed by atoms with Crippen molar-refractivity contribution in [3.63, 3.8) is 0 Å². The van der Waals surface area contributed by atoms with Gasteiger partial charge in [-0.2, -0.15) is 5.10 Å². The first-order valence-corrected chi connectivity index (χ1v) is 7.58. The van der Waals surface area contributed by atoms with Crippen molar-refractivity contribution in [3.8, 4) is 0 Å². The SMILES string of the molecule is Cc1nn(C)c(C)c1CC(=O)Nc1ccc(I)cc1Cl. The number of hydrogen-bond donors (Lipinski definition) is 1. The van der Waals surface area contributed by atoms with Crippen molar-refractivity contribution >= 4 is 45.8 Å². The molecule has 20 heavy (non-hydrogen) atoms. The zero-order chi connectivity index (χ0) is 14.9. The molecule has 2 aromatic rings. The Hall–Kier alpha value is -1.08. The number of anilines is 1. The molecule has 0 aliphatic rings. The quantitative estimate of drug-likeness (QED) is 0.798. The molecule has 0 aliphatic carbocycles. The molecular weight excluding hydrogens is 389 g/mol. The topological polar surface area (TPSA) is 46.9 Å². The van der Waals surface area contributed by atoms with E-state index in [1.807, 2.05) is 39.1 Å². The number of nitrogens with zero attached hydrogens (tertiary/aromatic N) is 2. The zero-order valence-corrected chi connectivity index (χ0v) is 14.4. The molecule has 0 atom stereocenters. The summed E-state index contributed by atoms with van der Waals surface area (Å²) in [5, 5.41) is 7.69. The molecule has 1 aromatic heterocycles. The Labute approximate surface area is 136 Å². The van der Waals surface area contributed by atoms with Crippen molar-refractivity contribution in [2.24, 2.45) is 7.05 Å². The highest BCUT2D eigenvalue weighted by molar-refractivity contribution is 14.1. The minimum atomic E-state index is -0.0905. The molecule has 0 radical (unpaired) electrons. The molecule has 6 heteroatoms. The fourth-order valence-corrected chi connectivity index (χ4v) is 2.92. The third-order valence-corrected chi connectivity index (χ3v) is 4.19. The van der Waals surface area contributed by atoms with Gasteiger partial charge in [0.25, 0.3) is 0 Å². The first-order chi connectivity index (χ1) is 9.38. The van der Waals surface area contributed by atoms with Crippen LogP contribution in [0.3, 0.4) is 0 Å². The van der Waals surface area contributed by atoms with Crippen molar-refractivity contribution in [1.82, 2.24) is 9.78 Å². The van der Waals surface area contributed by atoms with E-state index >= 15 is 0 Å². The van der Waals surface area contributed by atoms with E-state index in [1.165, 1.54) is 0 Å². The average molecular weight is 404 g/mol. The molecule has 106 valence electrons. The summed E-state index contributed by atoms with van der Waals surface area (Å²) < 4.78 is 2.82. The smallest absolute Gasteiger partial charge is 0.228 e. The van der Waals surface area contributed by atoms with E-state index < -0.39 is 0 Å². The minimum absolute atomic E-state index is 0.0905. The zero-order valence-electron chi connectivity index (χ0n) is 11.5. The Morgan fingerprint density at radius 1 is 1.45 bits per heavy atom. The number of rotatable bonds is 3. The van der Waals surface area contributed by atoms with E-state index in [4.69, 9.17) is 11.6 Å². The number of carbonyl (C=O) groups is 1. The number of amides is 1. The maximum Gasteiger partial charge on any atom is 0.228 e. The molecule has 0 aliphatic heterocycles. The van der Waals surface area contributed by atoms with E-state index in [-0.39, 0.29) is 5.91 Å². The molecule has 1 N–H and O–H groups in total. The van der Waals surface area contributed by atoms with E-state index in [1.54, 1.807) is 4.68 Å². The van der Waals surface area contributed by atoms with Crippen molar-refractivity contribution in [2.75, 3.05) is 5.32 Å². The molecule has 1 amide bonds. The summed E-state index contributed by atoms with van der Waals surface area (Å²) in [6, 6.07) is 5.53. The van der Waals surface area contributed by atoms with Gasteiger partial charge in [0.2, 0.25) is 5.91 Å². The minimum Gasteiger partial charge on any atom is -0.324 e. The molecule has 0 unspecified atom stereocenters. The molecular formula is C14H15ClIN3O. The number of hydrogen-bond acceptors (Lipinski definition) is 2. The molecule has 0 saturated heterocycles. The van der Waals surface area contributed by atoms with E-state index in [0.29, 0.717) is 17.1 Å². The lowest BCUT2D eigenvalue weighted by atomic mass is 10.1. The van der Waals surface area contributed by atoms with Crippen molar-refractivity contribution in [2.45, 2.75) is 20.3 Å². The van der Waals surface area contributed by atoms with Gasteiger partial charge in [0.15, 0.2) is 0 Å². The predicted octanol–water partition coefficient (Wildman–Crippen LogP) is 3.48. The van der Waals surface area contributed by atoms with E-state index in [9.17, 15) is 4.79 Å². The Bertz CT molecular complexity index is 667. The fourth-order valence-electron chi connectivity index (χ4n) is 2.02. The van der Waals surface area contributed by atoms with Crippen LogP contribution in [0.4, 0.5) is 5.69 Å². The Morgan fingerprint density at radius 2 is 2.15 bits per heavy atom. The van der Waals surface area contributed by atoms with Crippen LogP contribution in [0.15, 0.2) is 18.2 Å². The fraction of sp³-hybridized carbons (Fsp3) is 0.286. The Morgan fingerprint density at radius 3 is 2.70 bits per heavy atom. The lowest BCUT2D eigenvalue weighted by molar-refractivity contribution is -0.115. The third kappa shape index (κ3) is 3.32. The van der Waals surface area contributed by atoms with Gasteiger partial charge in [-0.1, -0.05) is 11.6 Å². The van der Waals surface area contributed by atoms with Gasteiger partial charge in [0.1, 0.15) is 0 Å². The number of halogens is 2. The summed E-state index contributed by atoms with van der Waals surface area (Å²) in [6.07, 6.45) is 0.299. The van der Waals surface area contributed by atoms with Crippen LogP contribution < -0.4 is 5.32 Å². The molecule has 1 heterocycles. The largest absolute Gasteiger partial charge is 0.324 e. The van der Waals surface area contributed by atoms with Crippen LogP contribution in [0.5, 0.6) is 0 Å². The normalized spacial score (nSPS) is 10.7. The van der Waals surface area contributed by atoms with Gasteiger partial charge in [-0.25, -0.2) is 0 Å². The van der Waals surface area contributed by atoms with Crippen LogP contribution >= 0.6 is 34.2 Å². The van der Waals surface area contributed by atoms with E-state index in [0.717, 1.165) is 20.5 Å². The standard InChI is InChI=1S/C14H15ClIN3O/c1-8-11(9(2)19(3)18-8)7-14(20)17-13-5-4-10(16)6-12(13)15/h4-6H,7H2,1-3H3,(H,17,20). The molecule has 2 rings (SSSR count). The number of nitrogens with one attached hydrogen (secondary N) is 1. The maximum atomic E-state index is 12.1. The lowest BCUT2D eigenvalue weighted by Crippen LogP contribution is -2.15. The second-order valence-corrected chi connectivity index (χ2v) is 6.27. The predicted molar refractivity (Wildman–Crippen MR) is 89.2 cm³/mol. The monoisotopic (exact) mass is 403 g/mol. The van der Waals surface area contributed by atoms with Gasteiger partial charge in [-0.3, -0.25) is 9.48 Å². The summed E-state index contributed by atoms with van der Waals surface area (Å²) in [5.41, 5.74) is 3.49. The van der Waals surface area contributed by atoms with Gasteiger partial charge in [-0.05, 0) is 54.6 Å². The van der Waals surface area contributed by atoms with Gasteiger partial charge in [0, 0.05) is 21.9 Å². The first kappa shape index (κ1) is 15.3. The van der Waals surface area contributed by atoms with E-state index in [2.05, 4.69) is 33.0 Å². The van der Waals surface area contributed by atoms with Gasteiger partial charge in [0.05, 0.1) is 22.8 Å². The summed E-state index contributed by atoms with van der Waals surface area (Å²) in [6.45, 7) is 3.87. The van der Waals surface area contributed by atoms with Crippen molar-refractivity contribution < 1.29 is 4.79 Å². The molecule has 0 fully saturated rings. The van der Waals surface area contributed by atoms with Crippen molar-refractivity contribution in [3.05, 3.63) is 43.7 Å². The summed E-state index contributed by atoms with van der Waals surface area (Å²) in [5.74, 6) is -0.0905. The van der Waals surface area contributed by atoms with Crippen LogP contribution in [-0.2, 0) is 18.3 Å². The lowest BCUT2D eigenvalue weighted by Gasteiger charge is -2.08. The number of aryl methyl sites for hydroxylation is 2. The average Bonchev–Trinajstić information content (AvgIpc) is 2.60. The van der Waals surface area contributed by atoms with Crippen LogP contribution in [0.1, 0.15) is 17.0 Å². The molecule has 0 saturated carbocycles. The highest BCUT2D eigenvalue weighted by Gasteiger charge is 2.14. The van der Waals surface area contributed by atoms with Crippen molar-refractivity contribution in [1.29, 1.82) is 0 Å².